The van der Waals surface area contributed by atoms with Crippen molar-refractivity contribution in [3.05, 3.63) is 45.1 Å². The Morgan fingerprint density at radius 1 is 1.44 bits per heavy atom. The number of H-pyrrole nitrogens is 1. The van der Waals surface area contributed by atoms with Crippen LogP contribution in [0.4, 0.5) is 5.13 Å². The largest absolute Gasteiger partial charge is 0.324 e. The summed E-state index contributed by atoms with van der Waals surface area (Å²) in [6, 6.07) is 7.22. The van der Waals surface area contributed by atoms with Gasteiger partial charge in [-0.25, -0.2) is 5.10 Å². The van der Waals surface area contributed by atoms with Gasteiger partial charge >= 0.3 is 4.87 Å². The van der Waals surface area contributed by atoms with Crippen LogP contribution in [0.2, 0.25) is 0 Å². The predicted octanol–water partition coefficient (Wildman–Crippen LogP) is 1.39. The van der Waals surface area contributed by atoms with Crippen molar-refractivity contribution in [2.24, 2.45) is 0 Å². The minimum Gasteiger partial charge on any atom is -0.296 e. The van der Waals surface area contributed by atoms with E-state index < -0.39 is 0 Å². The molecule has 0 saturated carbocycles. The minimum atomic E-state index is -0.292. The van der Waals surface area contributed by atoms with Gasteiger partial charge in [0.2, 0.25) is 5.13 Å². The van der Waals surface area contributed by atoms with Gasteiger partial charge in [-0.1, -0.05) is 18.2 Å². The number of nitrogens with zero attached hydrogens (tertiary/aromatic N) is 1. The summed E-state index contributed by atoms with van der Waals surface area (Å²) < 4.78 is 0. The van der Waals surface area contributed by atoms with Gasteiger partial charge in [-0.15, -0.1) is 5.10 Å². The Morgan fingerprint density at radius 3 is 2.81 bits per heavy atom. The highest BCUT2D eigenvalue weighted by molar-refractivity contribution is 7.13. The monoisotopic (exact) mass is 235 g/mol. The molecule has 1 amide bonds. The van der Waals surface area contributed by atoms with E-state index in [-0.39, 0.29) is 15.9 Å². The number of benzene rings is 1. The van der Waals surface area contributed by atoms with Gasteiger partial charge in [0, 0.05) is 5.56 Å². The quantitative estimate of drug-likeness (QED) is 0.826. The number of amides is 1. The third-order valence-electron chi connectivity index (χ3n) is 2.05. The highest BCUT2D eigenvalue weighted by Gasteiger charge is 2.10. The van der Waals surface area contributed by atoms with Gasteiger partial charge in [0.15, 0.2) is 0 Å². The molecule has 82 valence electrons. The van der Waals surface area contributed by atoms with Crippen molar-refractivity contribution in [2.45, 2.75) is 6.92 Å². The first kappa shape index (κ1) is 10.6. The number of aromatic nitrogens is 2. The molecule has 2 N–H and O–H groups in total. The Morgan fingerprint density at radius 2 is 2.19 bits per heavy atom. The molecule has 1 heterocycles. The molecule has 0 spiro atoms. The van der Waals surface area contributed by atoms with E-state index in [1.165, 1.54) is 0 Å². The van der Waals surface area contributed by atoms with Crippen LogP contribution >= 0.6 is 11.3 Å². The van der Waals surface area contributed by atoms with E-state index in [0.29, 0.717) is 5.56 Å². The third kappa shape index (κ3) is 2.17. The summed E-state index contributed by atoms with van der Waals surface area (Å²) in [5, 5.41) is 8.73. The van der Waals surface area contributed by atoms with E-state index in [1.807, 2.05) is 19.1 Å². The first-order valence-electron chi connectivity index (χ1n) is 4.59. The van der Waals surface area contributed by atoms with Crippen LogP contribution in [0.3, 0.4) is 0 Å². The number of rotatable bonds is 2. The first-order valence-corrected chi connectivity index (χ1v) is 5.41. The highest BCUT2D eigenvalue weighted by Crippen LogP contribution is 2.11. The van der Waals surface area contributed by atoms with Crippen molar-refractivity contribution in [1.29, 1.82) is 0 Å². The third-order valence-corrected chi connectivity index (χ3v) is 2.71. The lowest BCUT2D eigenvalue weighted by molar-refractivity contribution is 0.102. The van der Waals surface area contributed by atoms with Gasteiger partial charge < -0.3 is 0 Å². The second-order valence-corrected chi connectivity index (χ2v) is 4.15. The molecule has 1 aromatic heterocycles. The Labute approximate surface area is 95.1 Å². The number of carbonyl (C=O) groups excluding carboxylic acids is 1. The van der Waals surface area contributed by atoms with Crippen LogP contribution in [0.5, 0.6) is 0 Å². The lowest BCUT2D eigenvalue weighted by Crippen LogP contribution is -2.12. The maximum Gasteiger partial charge on any atom is 0.324 e. The molecule has 0 bridgehead atoms. The molecule has 0 radical (unpaired) electrons. The summed E-state index contributed by atoms with van der Waals surface area (Å²) in [4.78, 5) is 22.3. The number of hydrogen-bond donors (Lipinski definition) is 2. The summed E-state index contributed by atoms with van der Waals surface area (Å²) in [6.07, 6.45) is 0. The SMILES string of the molecule is Cc1ccccc1C(=O)Nc1n[nH]c(=O)s1. The molecule has 5 nitrogen and oxygen atoms in total. The van der Waals surface area contributed by atoms with E-state index in [9.17, 15) is 9.59 Å². The van der Waals surface area contributed by atoms with Crippen molar-refractivity contribution in [1.82, 2.24) is 10.2 Å². The van der Waals surface area contributed by atoms with Crippen LogP contribution < -0.4 is 10.2 Å². The Kier molecular flexibility index (Phi) is 2.82. The maximum atomic E-state index is 11.8. The normalized spacial score (nSPS) is 10.1. The Balaban J connectivity index is 2.21. The fourth-order valence-corrected chi connectivity index (χ4v) is 1.78. The number of aryl methyl sites for hydroxylation is 1. The molecule has 0 aliphatic carbocycles. The summed E-state index contributed by atoms with van der Waals surface area (Å²) in [5.74, 6) is -0.263. The van der Waals surface area contributed by atoms with Crippen molar-refractivity contribution in [3.63, 3.8) is 0 Å². The van der Waals surface area contributed by atoms with E-state index in [2.05, 4.69) is 15.5 Å². The van der Waals surface area contributed by atoms with E-state index >= 15 is 0 Å². The van der Waals surface area contributed by atoms with Crippen molar-refractivity contribution in [2.75, 3.05) is 5.32 Å². The number of hydrogen-bond acceptors (Lipinski definition) is 4. The molecule has 0 aliphatic heterocycles. The zero-order chi connectivity index (χ0) is 11.5. The minimum absolute atomic E-state index is 0.263. The fourth-order valence-electron chi connectivity index (χ4n) is 1.28. The Bertz CT molecular complexity index is 573. The zero-order valence-corrected chi connectivity index (χ0v) is 9.30. The molecule has 1 aromatic carbocycles. The van der Waals surface area contributed by atoms with Crippen LogP contribution in [-0.4, -0.2) is 16.1 Å². The summed E-state index contributed by atoms with van der Waals surface area (Å²) in [7, 11) is 0. The first-order chi connectivity index (χ1) is 7.66. The van der Waals surface area contributed by atoms with Crippen LogP contribution in [0.25, 0.3) is 0 Å². The standard InChI is InChI=1S/C10H9N3O2S/c1-6-4-2-3-5-7(6)8(14)11-9-12-13-10(15)16-9/h2-5H,1H3,(H,13,15)(H,11,12,14). The van der Waals surface area contributed by atoms with Crippen molar-refractivity contribution >= 4 is 22.4 Å². The van der Waals surface area contributed by atoms with E-state index in [1.54, 1.807) is 12.1 Å². The molecule has 6 heteroatoms. The molecule has 0 saturated heterocycles. The molecule has 0 aliphatic rings. The smallest absolute Gasteiger partial charge is 0.296 e. The molecule has 16 heavy (non-hydrogen) atoms. The van der Waals surface area contributed by atoms with Crippen LogP contribution in [-0.2, 0) is 0 Å². The molecule has 0 atom stereocenters. The van der Waals surface area contributed by atoms with E-state index in [4.69, 9.17) is 0 Å². The lowest BCUT2D eigenvalue weighted by Gasteiger charge is -2.03. The molecule has 0 unspecified atom stereocenters. The topological polar surface area (TPSA) is 74.8 Å². The van der Waals surface area contributed by atoms with Gasteiger partial charge in [0.25, 0.3) is 5.91 Å². The highest BCUT2D eigenvalue weighted by atomic mass is 32.1. The average Bonchev–Trinajstić information content (AvgIpc) is 2.64. The van der Waals surface area contributed by atoms with Gasteiger partial charge in [-0.05, 0) is 29.9 Å². The maximum absolute atomic E-state index is 11.8. The van der Waals surface area contributed by atoms with Crippen LogP contribution in [0.15, 0.2) is 29.1 Å². The van der Waals surface area contributed by atoms with Crippen molar-refractivity contribution < 1.29 is 4.79 Å². The predicted molar refractivity (Wildman–Crippen MR) is 61.9 cm³/mol. The zero-order valence-electron chi connectivity index (χ0n) is 8.48. The van der Waals surface area contributed by atoms with E-state index in [0.717, 1.165) is 16.9 Å². The molecule has 2 aromatic rings. The number of carbonyl (C=O) groups is 1. The molecule has 2 rings (SSSR count). The average molecular weight is 235 g/mol. The van der Waals surface area contributed by atoms with Crippen LogP contribution in [0, 0.1) is 6.92 Å². The van der Waals surface area contributed by atoms with Gasteiger partial charge in [0.05, 0.1) is 0 Å². The number of anilines is 1. The number of aromatic amines is 1. The van der Waals surface area contributed by atoms with Gasteiger partial charge in [-0.3, -0.25) is 14.9 Å². The van der Waals surface area contributed by atoms with Gasteiger partial charge in [-0.2, -0.15) is 0 Å². The Hall–Kier alpha value is -1.95. The second-order valence-electron chi connectivity index (χ2n) is 3.19. The van der Waals surface area contributed by atoms with Gasteiger partial charge in [0.1, 0.15) is 0 Å². The number of nitrogens with one attached hydrogen (secondary N) is 2. The fraction of sp³-hybridized carbons (Fsp3) is 0.100. The van der Waals surface area contributed by atoms with Crippen molar-refractivity contribution in [3.8, 4) is 0 Å². The lowest BCUT2D eigenvalue weighted by atomic mass is 10.1. The van der Waals surface area contributed by atoms with Crippen LogP contribution in [0.1, 0.15) is 15.9 Å². The second kappa shape index (κ2) is 4.28. The molecule has 0 fully saturated rings. The summed E-state index contributed by atoms with van der Waals surface area (Å²) >= 11 is 0.862. The summed E-state index contributed by atoms with van der Waals surface area (Å²) in [5.41, 5.74) is 1.45. The molecular formula is C10H9N3O2S. The summed E-state index contributed by atoms with van der Waals surface area (Å²) in [6.45, 7) is 1.85. The molecular weight excluding hydrogens is 226 g/mol.